The van der Waals surface area contributed by atoms with Gasteiger partial charge in [-0.2, -0.15) is 0 Å². The molecule has 0 saturated heterocycles. The van der Waals surface area contributed by atoms with E-state index in [0.717, 1.165) is 42.2 Å². The van der Waals surface area contributed by atoms with Gasteiger partial charge in [-0.1, -0.05) is 5.16 Å². The third-order valence-corrected chi connectivity index (χ3v) is 4.39. The van der Waals surface area contributed by atoms with Gasteiger partial charge in [-0.05, 0) is 49.4 Å². The maximum absolute atomic E-state index is 12.3. The van der Waals surface area contributed by atoms with Crippen molar-refractivity contribution in [3.63, 3.8) is 0 Å². The van der Waals surface area contributed by atoms with E-state index in [0.29, 0.717) is 17.7 Å². The third kappa shape index (κ3) is 3.80. The van der Waals surface area contributed by atoms with Crippen molar-refractivity contribution in [2.45, 2.75) is 26.2 Å². The van der Waals surface area contributed by atoms with E-state index < -0.39 is 27.2 Å². The molecule has 1 aliphatic rings. The van der Waals surface area contributed by atoms with Crippen molar-refractivity contribution in [1.82, 2.24) is 0 Å². The van der Waals surface area contributed by atoms with E-state index in [2.05, 4.69) is 5.16 Å². The fourth-order valence-corrected chi connectivity index (χ4v) is 2.96. The number of carbonyl (C=O) groups excluding carboxylic acids is 1. The molecule has 144 valence electrons. The van der Waals surface area contributed by atoms with Crippen LogP contribution in [0.4, 0.5) is 11.4 Å². The van der Waals surface area contributed by atoms with Crippen LogP contribution in [0.1, 0.15) is 39.9 Å². The van der Waals surface area contributed by atoms with E-state index in [9.17, 15) is 30.1 Å². The van der Waals surface area contributed by atoms with Gasteiger partial charge in [-0.3, -0.25) is 20.2 Å². The van der Waals surface area contributed by atoms with Crippen LogP contribution in [0.25, 0.3) is 0 Å². The highest BCUT2D eigenvalue weighted by atomic mass is 16.7. The minimum atomic E-state index is -1.04. The fraction of sp³-hybridized carbons (Fsp3) is 0.222. The summed E-state index contributed by atoms with van der Waals surface area (Å²) in [6.07, 6.45) is 2.03. The number of fused-ring (bicyclic) bond motifs is 1. The van der Waals surface area contributed by atoms with E-state index in [1.165, 1.54) is 0 Å². The normalized spacial score (nSPS) is 14.4. The van der Waals surface area contributed by atoms with E-state index in [1.54, 1.807) is 19.1 Å². The van der Waals surface area contributed by atoms with Gasteiger partial charge in [0.05, 0.1) is 27.2 Å². The Bertz CT molecular complexity index is 998. The summed E-state index contributed by atoms with van der Waals surface area (Å²) >= 11 is 0. The van der Waals surface area contributed by atoms with Crippen LogP contribution in [0.2, 0.25) is 0 Å². The Morgan fingerprint density at radius 2 is 1.71 bits per heavy atom. The number of hydrogen-bond donors (Lipinski definition) is 1. The molecule has 1 N–H and O–H groups in total. The highest BCUT2D eigenvalue weighted by molar-refractivity contribution is 6.03. The number of hydrogen-bond acceptors (Lipinski definition) is 8. The third-order valence-electron chi connectivity index (χ3n) is 4.39. The van der Waals surface area contributed by atoms with Crippen LogP contribution in [0.3, 0.4) is 0 Å². The maximum atomic E-state index is 12.3. The molecule has 10 heteroatoms. The van der Waals surface area contributed by atoms with E-state index in [-0.39, 0.29) is 11.3 Å². The molecule has 0 aromatic heterocycles. The van der Waals surface area contributed by atoms with Crippen LogP contribution in [0.5, 0.6) is 5.75 Å². The van der Waals surface area contributed by atoms with Crippen molar-refractivity contribution in [2.24, 2.45) is 5.16 Å². The summed E-state index contributed by atoms with van der Waals surface area (Å²) in [5.41, 5.74) is 1.23. The number of phenols is 1. The predicted octanol–water partition coefficient (Wildman–Crippen LogP) is 3.41. The Morgan fingerprint density at radius 3 is 2.32 bits per heavy atom. The van der Waals surface area contributed by atoms with Crippen molar-refractivity contribution in [2.75, 3.05) is 0 Å². The zero-order chi connectivity index (χ0) is 20.4. The van der Waals surface area contributed by atoms with Gasteiger partial charge in [0.1, 0.15) is 5.75 Å². The molecular formula is C18H15N3O7. The molecule has 0 aliphatic heterocycles. The summed E-state index contributed by atoms with van der Waals surface area (Å²) < 4.78 is 0. The number of nitro benzene ring substituents is 2. The molecule has 0 amide bonds. The number of rotatable bonds is 4. The molecule has 0 fully saturated rings. The van der Waals surface area contributed by atoms with Gasteiger partial charge in [-0.25, -0.2) is 4.79 Å². The van der Waals surface area contributed by atoms with Crippen molar-refractivity contribution < 1.29 is 24.6 Å². The van der Waals surface area contributed by atoms with Gasteiger partial charge in [0.25, 0.3) is 11.4 Å². The first-order valence-corrected chi connectivity index (χ1v) is 8.31. The number of aromatic hydroxyl groups is 1. The summed E-state index contributed by atoms with van der Waals surface area (Å²) in [6.45, 7) is 1.73. The predicted molar refractivity (Wildman–Crippen MR) is 97.5 cm³/mol. The number of nitro groups is 2. The standard InChI is InChI=1S/C18H15N3O7/c1-10-5-15-11(8-17(10)22)3-2-4-16(15)19-28-18(23)12-6-13(20(24)25)9-14(7-12)21(26)27/h5-9,22H,2-4H2,1H3/b19-16-. The summed E-state index contributed by atoms with van der Waals surface area (Å²) in [7, 11) is 0. The van der Waals surface area contributed by atoms with Crippen LogP contribution in [-0.4, -0.2) is 26.6 Å². The number of benzene rings is 2. The van der Waals surface area contributed by atoms with Crippen molar-refractivity contribution in [1.29, 1.82) is 0 Å². The van der Waals surface area contributed by atoms with Gasteiger partial charge in [0.2, 0.25) is 0 Å². The second kappa shape index (κ2) is 7.43. The first kappa shape index (κ1) is 19.0. The first-order valence-electron chi connectivity index (χ1n) is 8.31. The van der Waals surface area contributed by atoms with Gasteiger partial charge < -0.3 is 9.94 Å². The molecule has 2 aromatic rings. The minimum absolute atomic E-state index is 0.167. The van der Waals surface area contributed by atoms with Crippen LogP contribution < -0.4 is 0 Å². The molecule has 3 rings (SSSR count). The molecule has 10 nitrogen and oxygen atoms in total. The summed E-state index contributed by atoms with van der Waals surface area (Å²) in [6, 6.07) is 5.94. The largest absolute Gasteiger partial charge is 0.508 e. The summed E-state index contributed by atoms with van der Waals surface area (Å²) in [5.74, 6) is -0.872. The molecule has 0 unspecified atom stereocenters. The van der Waals surface area contributed by atoms with Crippen LogP contribution in [-0.2, 0) is 11.3 Å². The Kier molecular flexibility index (Phi) is 5.03. The van der Waals surface area contributed by atoms with Crippen LogP contribution >= 0.6 is 0 Å². The number of aryl methyl sites for hydroxylation is 2. The highest BCUT2D eigenvalue weighted by Crippen LogP contribution is 2.29. The monoisotopic (exact) mass is 385 g/mol. The van der Waals surface area contributed by atoms with Crippen molar-refractivity contribution >= 4 is 23.1 Å². The zero-order valence-electron chi connectivity index (χ0n) is 14.7. The molecule has 2 aromatic carbocycles. The second-order valence-electron chi connectivity index (χ2n) is 6.32. The number of oxime groups is 1. The number of non-ortho nitro benzene ring substituents is 2. The number of phenolic OH excluding ortho intramolecular Hbond substituents is 1. The Morgan fingerprint density at radius 1 is 1.07 bits per heavy atom. The lowest BCUT2D eigenvalue weighted by molar-refractivity contribution is -0.394. The van der Waals surface area contributed by atoms with Crippen molar-refractivity contribution in [3.8, 4) is 5.75 Å². The van der Waals surface area contributed by atoms with Crippen LogP contribution in [0.15, 0.2) is 35.5 Å². The highest BCUT2D eigenvalue weighted by Gasteiger charge is 2.22. The van der Waals surface area contributed by atoms with Gasteiger partial charge >= 0.3 is 5.97 Å². The maximum Gasteiger partial charge on any atom is 0.366 e. The van der Waals surface area contributed by atoms with Crippen LogP contribution in [0, 0.1) is 27.2 Å². The van der Waals surface area contributed by atoms with E-state index >= 15 is 0 Å². The SMILES string of the molecule is Cc1cc2c(cc1O)CCC/C2=N/OC(=O)c1cc([N+](=O)[O-])cc([N+](=O)[O-])c1. The fourth-order valence-electron chi connectivity index (χ4n) is 2.96. The Balaban J connectivity index is 1.90. The van der Waals surface area contributed by atoms with E-state index in [4.69, 9.17) is 4.84 Å². The summed E-state index contributed by atoms with van der Waals surface area (Å²) in [4.78, 5) is 37.4. The summed E-state index contributed by atoms with van der Waals surface area (Å²) in [5, 5.41) is 35.6. The van der Waals surface area contributed by atoms with Gasteiger partial charge in [0, 0.05) is 17.7 Å². The van der Waals surface area contributed by atoms with Gasteiger partial charge in [0.15, 0.2) is 0 Å². The second-order valence-corrected chi connectivity index (χ2v) is 6.32. The molecule has 0 atom stereocenters. The Labute approximate surface area is 158 Å². The molecule has 0 radical (unpaired) electrons. The number of carbonyl (C=O) groups is 1. The molecule has 0 saturated carbocycles. The van der Waals surface area contributed by atoms with E-state index in [1.807, 2.05) is 0 Å². The molecule has 1 aliphatic carbocycles. The molecular weight excluding hydrogens is 370 g/mol. The molecule has 0 heterocycles. The zero-order valence-corrected chi connectivity index (χ0v) is 14.7. The lowest BCUT2D eigenvalue weighted by Crippen LogP contribution is -2.14. The average Bonchev–Trinajstić information content (AvgIpc) is 2.66. The quantitative estimate of drug-likeness (QED) is 0.482. The topological polar surface area (TPSA) is 145 Å². The average molecular weight is 385 g/mol. The molecule has 0 bridgehead atoms. The molecule has 28 heavy (non-hydrogen) atoms. The smallest absolute Gasteiger partial charge is 0.366 e. The number of nitrogens with zero attached hydrogens (tertiary/aromatic N) is 3. The van der Waals surface area contributed by atoms with Crippen molar-refractivity contribution in [3.05, 3.63) is 72.8 Å². The first-order chi connectivity index (χ1) is 13.3. The van der Waals surface area contributed by atoms with Gasteiger partial charge in [-0.15, -0.1) is 0 Å². The Hall–Kier alpha value is -3.82. The minimum Gasteiger partial charge on any atom is -0.508 e. The molecule has 0 spiro atoms. The lowest BCUT2D eigenvalue weighted by Gasteiger charge is -2.18. The lowest BCUT2D eigenvalue weighted by atomic mass is 9.88.